The van der Waals surface area contributed by atoms with Crippen molar-refractivity contribution in [2.24, 2.45) is 0 Å². The molecule has 0 bridgehead atoms. The van der Waals surface area contributed by atoms with Crippen LogP contribution in [0.15, 0.2) is 59.1 Å². The van der Waals surface area contributed by atoms with E-state index in [1.165, 1.54) is 0 Å². The summed E-state index contributed by atoms with van der Waals surface area (Å²) in [5.74, 6) is 0. The van der Waals surface area contributed by atoms with Gasteiger partial charge < -0.3 is 10.1 Å². The standard InChI is InChI=1S/C20H24BrNO2/c1-3-4-13-20(2,17-11-8-12-18(21)14-17)22-19(23)24-15-16-9-6-5-7-10-16/h5-12,14H,3-4,13,15H2,1-2H3,(H,22,23). The summed E-state index contributed by atoms with van der Waals surface area (Å²) in [5, 5.41) is 3.06. The van der Waals surface area contributed by atoms with Gasteiger partial charge in [-0.1, -0.05) is 78.2 Å². The highest BCUT2D eigenvalue weighted by atomic mass is 79.9. The monoisotopic (exact) mass is 389 g/mol. The van der Waals surface area contributed by atoms with Crippen LogP contribution in [0.25, 0.3) is 0 Å². The molecule has 128 valence electrons. The molecule has 0 fully saturated rings. The van der Waals surface area contributed by atoms with Gasteiger partial charge in [0, 0.05) is 4.47 Å². The van der Waals surface area contributed by atoms with E-state index in [0.29, 0.717) is 0 Å². The molecule has 24 heavy (non-hydrogen) atoms. The Hall–Kier alpha value is -1.81. The van der Waals surface area contributed by atoms with Gasteiger partial charge in [0.1, 0.15) is 6.61 Å². The molecule has 1 N–H and O–H groups in total. The number of hydrogen-bond donors (Lipinski definition) is 1. The van der Waals surface area contributed by atoms with Crippen molar-refractivity contribution in [1.82, 2.24) is 5.32 Å². The van der Waals surface area contributed by atoms with Crippen molar-refractivity contribution < 1.29 is 9.53 Å². The molecule has 3 nitrogen and oxygen atoms in total. The van der Waals surface area contributed by atoms with E-state index in [1.54, 1.807) is 0 Å². The van der Waals surface area contributed by atoms with Crippen molar-refractivity contribution >= 4 is 22.0 Å². The molecule has 0 aliphatic rings. The van der Waals surface area contributed by atoms with Gasteiger partial charge in [0.25, 0.3) is 0 Å². The molecule has 4 heteroatoms. The first kappa shape index (κ1) is 18.5. The van der Waals surface area contributed by atoms with Crippen LogP contribution < -0.4 is 5.32 Å². The molecule has 0 aliphatic carbocycles. The quantitative estimate of drug-likeness (QED) is 0.651. The maximum absolute atomic E-state index is 12.3. The SMILES string of the molecule is CCCCC(C)(NC(=O)OCc1ccccc1)c1cccc(Br)c1. The van der Waals surface area contributed by atoms with Gasteiger partial charge in [-0.05, 0) is 36.6 Å². The van der Waals surface area contributed by atoms with Crippen molar-refractivity contribution in [3.8, 4) is 0 Å². The van der Waals surface area contributed by atoms with Crippen LogP contribution in [-0.4, -0.2) is 6.09 Å². The molecule has 2 aromatic carbocycles. The first-order valence-corrected chi connectivity index (χ1v) is 9.08. The predicted octanol–water partition coefficient (Wildman–Crippen LogP) is 5.78. The van der Waals surface area contributed by atoms with Gasteiger partial charge in [-0.3, -0.25) is 0 Å². The second-order valence-corrected chi connectivity index (χ2v) is 7.05. The van der Waals surface area contributed by atoms with Gasteiger partial charge in [0.05, 0.1) is 5.54 Å². The molecule has 0 spiro atoms. The molecule has 0 aromatic heterocycles. The van der Waals surface area contributed by atoms with E-state index < -0.39 is 11.6 Å². The molecular weight excluding hydrogens is 366 g/mol. The number of carbonyl (C=O) groups excluding carboxylic acids is 1. The summed E-state index contributed by atoms with van der Waals surface area (Å²) in [6.45, 7) is 4.47. The molecule has 0 heterocycles. The van der Waals surface area contributed by atoms with Crippen molar-refractivity contribution in [2.45, 2.75) is 45.3 Å². The summed E-state index contributed by atoms with van der Waals surface area (Å²) in [7, 11) is 0. The zero-order chi connectivity index (χ0) is 17.4. The van der Waals surface area contributed by atoms with Crippen molar-refractivity contribution in [2.75, 3.05) is 0 Å². The minimum Gasteiger partial charge on any atom is -0.445 e. The van der Waals surface area contributed by atoms with Gasteiger partial charge in [0.2, 0.25) is 0 Å². The second kappa shape index (κ2) is 8.88. The molecule has 2 aromatic rings. The zero-order valence-corrected chi connectivity index (χ0v) is 15.8. The molecule has 0 radical (unpaired) electrons. The molecule has 0 aliphatic heterocycles. The highest BCUT2D eigenvalue weighted by Gasteiger charge is 2.28. The number of halogens is 1. The van der Waals surface area contributed by atoms with Crippen LogP contribution in [0.5, 0.6) is 0 Å². The Kier molecular flexibility index (Phi) is 6.85. The molecule has 2 rings (SSSR count). The number of ether oxygens (including phenoxy) is 1. The summed E-state index contributed by atoms with van der Waals surface area (Å²) in [6.07, 6.45) is 2.57. The Morgan fingerprint density at radius 2 is 1.92 bits per heavy atom. The molecule has 0 saturated heterocycles. The number of nitrogens with one attached hydrogen (secondary N) is 1. The van der Waals surface area contributed by atoms with E-state index in [0.717, 1.165) is 34.9 Å². The largest absolute Gasteiger partial charge is 0.445 e. The van der Waals surface area contributed by atoms with Crippen molar-refractivity contribution in [3.05, 3.63) is 70.2 Å². The molecule has 1 amide bonds. The second-order valence-electron chi connectivity index (χ2n) is 6.13. The zero-order valence-electron chi connectivity index (χ0n) is 14.2. The Labute approximate surface area is 152 Å². The van der Waals surface area contributed by atoms with Crippen LogP contribution in [-0.2, 0) is 16.9 Å². The maximum Gasteiger partial charge on any atom is 0.408 e. The van der Waals surface area contributed by atoms with Crippen molar-refractivity contribution in [1.29, 1.82) is 0 Å². The van der Waals surface area contributed by atoms with Crippen LogP contribution >= 0.6 is 15.9 Å². The van der Waals surface area contributed by atoms with Gasteiger partial charge in [0.15, 0.2) is 0 Å². The summed E-state index contributed by atoms with van der Waals surface area (Å²) >= 11 is 3.51. The van der Waals surface area contributed by atoms with Gasteiger partial charge in [-0.2, -0.15) is 0 Å². The Bertz CT molecular complexity index is 660. The van der Waals surface area contributed by atoms with E-state index in [-0.39, 0.29) is 6.61 Å². The normalized spacial score (nSPS) is 13.1. The van der Waals surface area contributed by atoms with Crippen LogP contribution in [0.1, 0.15) is 44.2 Å². The summed E-state index contributed by atoms with van der Waals surface area (Å²) in [5.41, 5.74) is 1.60. The highest BCUT2D eigenvalue weighted by Crippen LogP contribution is 2.29. The minimum absolute atomic E-state index is 0.273. The first-order chi connectivity index (χ1) is 11.5. The number of benzene rings is 2. The summed E-state index contributed by atoms with van der Waals surface area (Å²) in [6, 6.07) is 17.8. The fourth-order valence-corrected chi connectivity index (χ4v) is 3.02. The average Bonchev–Trinajstić information content (AvgIpc) is 2.59. The fraction of sp³-hybridized carbons (Fsp3) is 0.350. The highest BCUT2D eigenvalue weighted by molar-refractivity contribution is 9.10. The maximum atomic E-state index is 12.3. The Morgan fingerprint density at radius 3 is 2.58 bits per heavy atom. The van der Waals surface area contributed by atoms with E-state index >= 15 is 0 Å². The van der Waals surface area contributed by atoms with Gasteiger partial charge >= 0.3 is 6.09 Å². The number of unbranched alkanes of at least 4 members (excludes halogenated alkanes) is 1. The third-order valence-corrected chi connectivity index (χ3v) is 4.58. The van der Waals surface area contributed by atoms with Crippen LogP contribution in [0.2, 0.25) is 0 Å². The Balaban J connectivity index is 2.06. The van der Waals surface area contributed by atoms with E-state index in [1.807, 2.05) is 61.5 Å². The topological polar surface area (TPSA) is 38.3 Å². The molecular formula is C20H24BrNO2. The smallest absolute Gasteiger partial charge is 0.408 e. The van der Waals surface area contributed by atoms with Crippen LogP contribution in [0, 0.1) is 0 Å². The number of alkyl carbamates (subject to hydrolysis) is 1. The summed E-state index contributed by atoms with van der Waals surface area (Å²) < 4.78 is 6.40. The Morgan fingerprint density at radius 1 is 1.17 bits per heavy atom. The lowest BCUT2D eigenvalue weighted by atomic mass is 9.87. The molecule has 0 saturated carbocycles. The summed E-state index contributed by atoms with van der Waals surface area (Å²) in [4.78, 5) is 12.3. The molecule has 1 atom stereocenters. The first-order valence-electron chi connectivity index (χ1n) is 8.28. The third-order valence-electron chi connectivity index (χ3n) is 4.08. The van der Waals surface area contributed by atoms with E-state index in [9.17, 15) is 4.79 Å². The predicted molar refractivity (Wildman–Crippen MR) is 101 cm³/mol. The number of amides is 1. The minimum atomic E-state index is -0.451. The van der Waals surface area contributed by atoms with Crippen molar-refractivity contribution in [3.63, 3.8) is 0 Å². The van der Waals surface area contributed by atoms with Crippen LogP contribution in [0.3, 0.4) is 0 Å². The lowest BCUT2D eigenvalue weighted by molar-refractivity contribution is 0.126. The molecule has 1 unspecified atom stereocenters. The lowest BCUT2D eigenvalue weighted by Crippen LogP contribution is -2.43. The average molecular weight is 390 g/mol. The number of rotatable bonds is 7. The lowest BCUT2D eigenvalue weighted by Gasteiger charge is -2.31. The van der Waals surface area contributed by atoms with Crippen LogP contribution in [0.4, 0.5) is 4.79 Å². The van der Waals surface area contributed by atoms with E-state index in [4.69, 9.17) is 4.74 Å². The third kappa shape index (κ3) is 5.38. The fourth-order valence-electron chi connectivity index (χ4n) is 2.63. The number of carbonyl (C=O) groups is 1. The van der Waals surface area contributed by atoms with Gasteiger partial charge in [-0.25, -0.2) is 4.79 Å². The van der Waals surface area contributed by atoms with Gasteiger partial charge in [-0.15, -0.1) is 0 Å². The van der Waals surface area contributed by atoms with E-state index in [2.05, 4.69) is 28.2 Å². The number of hydrogen-bond acceptors (Lipinski definition) is 2.